The Morgan fingerprint density at radius 1 is 1.41 bits per heavy atom. The normalized spacial score (nSPS) is 10.6. The molecule has 0 aromatic carbocycles. The number of likely N-dealkylation sites (N-methyl/N-ethyl adjacent to an activating group) is 1. The summed E-state index contributed by atoms with van der Waals surface area (Å²) in [6.45, 7) is 10.7. The molecule has 5 nitrogen and oxygen atoms in total. The molecule has 0 radical (unpaired) electrons. The third-order valence-corrected chi connectivity index (χ3v) is 1.84. The smallest absolute Gasteiger partial charge is 0.243 e. The van der Waals surface area contributed by atoms with Gasteiger partial charge in [0.2, 0.25) is 5.91 Å². The van der Waals surface area contributed by atoms with Gasteiger partial charge in [-0.2, -0.15) is 0 Å². The predicted octanol–water partition coefficient (Wildman–Crippen LogP) is 0.372. The fourth-order valence-electron chi connectivity index (χ4n) is 0.866. The van der Waals surface area contributed by atoms with E-state index in [0.717, 1.165) is 5.57 Å². The molecule has 0 spiro atoms. The van der Waals surface area contributed by atoms with E-state index < -0.39 is 0 Å². The fourth-order valence-corrected chi connectivity index (χ4v) is 0.866. The van der Waals surface area contributed by atoms with Crippen LogP contribution in [0.1, 0.15) is 6.92 Å². The number of rotatable bonds is 6. The van der Waals surface area contributed by atoms with Gasteiger partial charge in [-0.25, -0.2) is 4.99 Å². The second kappa shape index (κ2) is 8.38. The van der Waals surface area contributed by atoms with Gasteiger partial charge in [-0.1, -0.05) is 18.2 Å². The van der Waals surface area contributed by atoms with Crippen molar-refractivity contribution < 1.29 is 4.79 Å². The molecule has 0 saturated carbocycles. The van der Waals surface area contributed by atoms with E-state index >= 15 is 0 Å². The van der Waals surface area contributed by atoms with Crippen LogP contribution in [-0.2, 0) is 4.79 Å². The van der Waals surface area contributed by atoms with Crippen molar-refractivity contribution in [3.63, 3.8) is 0 Å². The number of nitrogens with one attached hydrogen (secondary N) is 2. The van der Waals surface area contributed by atoms with Crippen LogP contribution < -0.4 is 10.6 Å². The first kappa shape index (κ1) is 15.2. The molecule has 0 aliphatic heterocycles. The molecule has 0 atom stereocenters. The summed E-state index contributed by atoms with van der Waals surface area (Å²) in [5.74, 6) is 0.545. The van der Waals surface area contributed by atoms with Gasteiger partial charge in [-0.05, 0) is 6.92 Å². The highest BCUT2D eigenvalue weighted by atomic mass is 16.2. The van der Waals surface area contributed by atoms with Crippen LogP contribution in [0, 0.1) is 0 Å². The van der Waals surface area contributed by atoms with Crippen LogP contribution in [0.25, 0.3) is 0 Å². The molecule has 0 heterocycles. The van der Waals surface area contributed by atoms with Crippen LogP contribution in [-0.4, -0.2) is 50.5 Å². The van der Waals surface area contributed by atoms with Crippen molar-refractivity contribution in [2.24, 2.45) is 4.99 Å². The first-order valence-electron chi connectivity index (χ1n) is 5.45. The van der Waals surface area contributed by atoms with Crippen LogP contribution in [0.5, 0.6) is 0 Å². The molecule has 0 aliphatic carbocycles. The molecular weight excluding hydrogens is 216 g/mol. The van der Waals surface area contributed by atoms with Gasteiger partial charge in [0.1, 0.15) is 6.54 Å². The summed E-state index contributed by atoms with van der Waals surface area (Å²) in [5, 5.41) is 6.10. The Morgan fingerprint density at radius 2 is 2.06 bits per heavy atom. The molecule has 5 heteroatoms. The minimum atomic E-state index is -0.0416. The van der Waals surface area contributed by atoms with Crippen molar-refractivity contribution in [3.8, 4) is 0 Å². The Hall–Kier alpha value is -1.78. The molecule has 0 aromatic heterocycles. The van der Waals surface area contributed by atoms with Crippen molar-refractivity contribution in [3.05, 3.63) is 24.8 Å². The number of carbonyl (C=O) groups excluding carboxylic acids is 1. The number of hydrogen-bond acceptors (Lipinski definition) is 2. The molecule has 96 valence electrons. The molecule has 0 aromatic rings. The first-order chi connectivity index (χ1) is 7.97. The first-order valence-corrected chi connectivity index (χ1v) is 5.45. The van der Waals surface area contributed by atoms with E-state index in [1.54, 1.807) is 20.2 Å². The van der Waals surface area contributed by atoms with E-state index in [1.807, 2.05) is 6.92 Å². The summed E-state index contributed by atoms with van der Waals surface area (Å²) in [6.07, 6.45) is 1.73. The lowest BCUT2D eigenvalue weighted by Crippen LogP contribution is -2.39. The van der Waals surface area contributed by atoms with Crippen molar-refractivity contribution in [1.82, 2.24) is 15.5 Å². The van der Waals surface area contributed by atoms with Gasteiger partial charge in [-0.15, -0.1) is 6.58 Å². The maximum Gasteiger partial charge on any atom is 0.243 e. The van der Waals surface area contributed by atoms with Gasteiger partial charge in [0.25, 0.3) is 0 Å². The minimum Gasteiger partial charge on any atom is -0.353 e. The quantitative estimate of drug-likeness (QED) is 0.399. The Labute approximate surface area is 103 Å². The number of hydrogen-bond donors (Lipinski definition) is 2. The molecular formula is C12H22N4O. The van der Waals surface area contributed by atoms with Gasteiger partial charge in [-0.3, -0.25) is 4.79 Å². The summed E-state index contributed by atoms with van der Waals surface area (Å²) < 4.78 is 0. The Morgan fingerprint density at radius 3 is 2.53 bits per heavy atom. The Bertz CT molecular complexity index is 308. The average molecular weight is 238 g/mol. The molecule has 0 unspecified atom stereocenters. The standard InChI is InChI=1S/C12H22N4O/c1-6-7-13-12(14-8-10(2)3)15-9-11(17)16(4)5/h6H,1-2,7-9H2,3-5H3,(H2,13,14,15). The maximum absolute atomic E-state index is 11.4. The molecule has 0 bridgehead atoms. The van der Waals surface area contributed by atoms with Crippen LogP contribution in [0.15, 0.2) is 29.8 Å². The van der Waals surface area contributed by atoms with Gasteiger partial charge < -0.3 is 15.5 Å². The van der Waals surface area contributed by atoms with Gasteiger partial charge in [0.05, 0.1) is 0 Å². The molecule has 0 fully saturated rings. The van der Waals surface area contributed by atoms with E-state index in [9.17, 15) is 4.79 Å². The zero-order valence-corrected chi connectivity index (χ0v) is 10.9. The van der Waals surface area contributed by atoms with Crippen molar-refractivity contribution in [1.29, 1.82) is 0 Å². The van der Waals surface area contributed by atoms with Gasteiger partial charge in [0.15, 0.2) is 5.96 Å². The Kier molecular flexibility index (Phi) is 7.50. The number of guanidine groups is 1. The predicted molar refractivity (Wildman–Crippen MR) is 72.0 cm³/mol. The molecule has 0 saturated heterocycles. The third kappa shape index (κ3) is 8.07. The zero-order chi connectivity index (χ0) is 13.3. The average Bonchev–Trinajstić information content (AvgIpc) is 2.27. The highest BCUT2D eigenvalue weighted by Gasteiger charge is 2.03. The lowest BCUT2D eigenvalue weighted by atomic mass is 10.3. The third-order valence-electron chi connectivity index (χ3n) is 1.84. The van der Waals surface area contributed by atoms with Crippen LogP contribution in [0.4, 0.5) is 0 Å². The van der Waals surface area contributed by atoms with Crippen molar-refractivity contribution >= 4 is 11.9 Å². The van der Waals surface area contributed by atoms with Crippen molar-refractivity contribution in [2.75, 3.05) is 33.7 Å². The van der Waals surface area contributed by atoms with E-state index in [2.05, 4.69) is 28.8 Å². The summed E-state index contributed by atoms with van der Waals surface area (Å²) >= 11 is 0. The molecule has 2 N–H and O–H groups in total. The number of nitrogens with zero attached hydrogens (tertiary/aromatic N) is 2. The minimum absolute atomic E-state index is 0.0416. The van der Waals surface area contributed by atoms with Crippen LogP contribution in [0.2, 0.25) is 0 Å². The summed E-state index contributed by atoms with van der Waals surface area (Å²) in [4.78, 5) is 17.1. The molecule has 0 aliphatic rings. The highest BCUT2D eigenvalue weighted by molar-refractivity contribution is 5.84. The van der Waals surface area contributed by atoms with E-state index in [0.29, 0.717) is 19.0 Å². The molecule has 17 heavy (non-hydrogen) atoms. The maximum atomic E-state index is 11.4. The topological polar surface area (TPSA) is 56.7 Å². The van der Waals surface area contributed by atoms with Crippen molar-refractivity contribution in [2.45, 2.75) is 6.92 Å². The summed E-state index contributed by atoms with van der Waals surface area (Å²) in [7, 11) is 3.41. The second-order valence-corrected chi connectivity index (χ2v) is 3.93. The van der Waals surface area contributed by atoms with E-state index in [1.165, 1.54) is 4.90 Å². The van der Waals surface area contributed by atoms with Crippen LogP contribution in [0.3, 0.4) is 0 Å². The summed E-state index contributed by atoms with van der Waals surface area (Å²) in [6, 6.07) is 0. The monoisotopic (exact) mass is 238 g/mol. The number of amides is 1. The number of carbonyl (C=O) groups is 1. The molecule has 0 rings (SSSR count). The second-order valence-electron chi connectivity index (χ2n) is 3.93. The zero-order valence-electron chi connectivity index (χ0n) is 10.9. The lowest BCUT2D eigenvalue weighted by Gasteiger charge is -2.12. The molecule has 1 amide bonds. The number of aliphatic imine (C=N–C) groups is 1. The van der Waals surface area contributed by atoms with Gasteiger partial charge in [0, 0.05) is 27.2 Å². The largest absolute Gasteiger partial charge is 0.353 e. The lowest BCUT2D eigenvalue weighted by molar-refractivity contribution is -0.127. The van der Waals surface area contributed by atoms with Gasteiger partial charge >= 0.3 is 0 Å². The fraction of sp³-hybridized carbons (Fsp3) is 0.500. The Balaban J connectivity index is 4.33. The van der Waals surface area contributed by atoms with Crippen LogP contribution >= 0.6 is 0 Å². The SMILES string of the molecule is C=CCNC(=NCC(=O)N(C)C)NCC(=C)C. The van der Waals surface area contributed by atoms with E-state index in [4.69, 9.17) is 0 Å². The van der Waals surface area contributed by atoms with E-state index in [-0.39, 0.29) is 12.5 Å². The summed E-state index contributed by atoms with van der Waals surface area (Å²) in [5.41, 5.74) is 0.997. The highest BCUT2D eigenvalue weighted by Crippen LogP contribution is 1.84.